The molecule has 0 amide bonds. The van der Waals surface area contributed by atoms with Gasteiger partial charge in [-0.15, -0.1) is 0 Å². The minimum atomic E-state index is -0.701. The van der Waals surface area contributed by atoms with Gasteiger partial charge in [0.05, 0.1) is 6.54 Å². The molecule has 3 fully saturated rings. The second-order valence-corrected chi connectivity index (χ2v) is 6.22. The van der Waals surface area contributed by atoms with Crippen LogP contribution in [0.2, 0.25) is 0 Å². The molecule has 0 spiro atoms. The third kappa shape index (κ3) is 3.09. The van der Waals surface area contributed by atoms with Crippen molar-refractivity contribution in [1.82, 2.24) is 14.7 Å². The Kier molecular flexibility index (Phi) is 4.05. The second-order valence-electron chi connectivity index (χ2n) is 6.22. The fraction of sp³-hybridized carbons (Fsp3) is 0.929. The van der Waals surface area contributed by atoms with Crippen LogP contribution in [0.25, 0.3) is 0 Å². The van der Waals surface area contributed by atoms with Gasteiger partial charge in [-0.05, 0) is 38.8 Å². The van der Waals surface area contributed by atoms with Crippen molar-refractivity contribution in [3.63, 3.8) is 0 Å². The number of carboxylic acids is 1. The molecule has 0 aromatic heterocycles. The van der Waals surface area contributed by atoms with Crippen molar-refractivity contribution in [1.29, 1.82) is 0 Å². The number of carboxylic acid groups (broad SMARTS) is 1. The zero-order chi connectivity index (χ0) is 13.2. The maximum Gasteiger partial charge on any atom is 0.317 e. The molecule has 1 N–H and O–H groups in total. The number of carbonyl (C=O) groups is 1. The van der Waals surface area contributed by atoms with Crippen molar-refractivity contribution in [2.75, 3.05) is 45.8 Å². The van der Waals surface area contributed by atoms with Crippen molar-refractivity contribution in [3.05, 3.63) is 0 Å². The summed E-state index contributed by atoms with van der Waals surface area (Å²) < 4.78 is 0. The normalized spacial score (nSPS) is 34.3. The Bertz CT molecular complexity index is 329. The largest absolute Gasteiger partial charge is 0.480 e. The van der Waals surface area contributed by atoms with Gasteiger partial charge in [-0.2, -0.15) is 0 Å². The fourth-order valence-electron chi connectivity index (χ4n) is 4.01. The first-order valence-electron chi connectivity index (χ1n) is 7.64. The lowest BCUT2D eigenvalue weighted by Gasteiger charge is -2.44. The average molecular weight is 267 g/mol. The number of fused-ring (bicyclic) bond motifs is 1. The lowest BCUT2D eigenvalue weighted by Crippen LogP contribution is -2.54. The van der Waals surface area contributed by atoms with E-state index in [1.165, 1.54) is 38.8 Å². The summed E-state index contributed by atoms with van der Waals surface area (Å²) in [6.45, 7) is 6.70. The Morgan fingerprint density at radius 3 is 2.37 bits per heavy atom. The Balaban J connectivity index is 1.47. The Hall–Kier alpha value is -0.650. The Morgan fingerprint density at radius 2 is 1.63 bits per heavy atom. The van der Waals surface area contributed by atoms with Crippen LogP contribution in [0.1, 0.15) is 25.7 Å². The molecule has 2 atom stereocenters. The standard InChI is InChI=1S/C14H25N3O2/c18-14(19)11-15-6-8-17(9-7-15)13-3-5-16-4-1-2-12(16)10-13/h12-13H,1-11H2,(H,18,19). The van der Waals surface area contributed by atoms with Crippen LogP contribution in [0.15, 0.2) is 0 Å². The number of aliphatic carboxylic acids is 1. The minimum Gasteiger partial charge on any atom is -0.480 e. The molecule has 108 valence electrons. The molecule has 0 saturated carbocycles. The van der Waals surface area contributed by atoms with E-state index in [0.717, 1.165) is 38.3 Å². The van der Waals surface area contributed by atoms with Crippen LogP contribution in [0.5, 0.6) is 0 Å². The average Bonchev–Trinajstić information content (AvgIpc) is 2.86. The SMILES string of the molecule is O=C(O)CN1CCN(C2CCN3CCCC3C2)CC1. The third-order valence-corrected chi connectivity index (χ3v) is 5.07. The quantitative estimate of drug-likeness (QED) is 0.798. The summed E-state index contributed by atoms with van der Waals surface area (Å²) in [6.07, 6.45) is 5.40. The molecule has 3 aliphatic rings. The van der Waals surface area contributed by atoms with E-state index in [1.807, 2.05) is 0 Å². The van der Waals surface area contributed by atoms with Gasteiger partial charge in [0.15, 0.2) is 0 Å². The molecule has 0 aliphatic carbocycles. The fourth-order valence-corrected chi connectivity index (χ4v) is 4.01. The molecule has 5 heteroatoms. The monoisotopic (exact) mass is 267 g/mol. The lowest BCUT2D eigenvalue weighted by atomic mass is 9.95. The van der Waals surface area contributed by atoms with E-state index in [2.05, 4.69) is 14.7 Å². The number of hydrogen-bond acceptors (Lipinski definition) is 4. The predicted octanol–water partition coefficient (Wildman–Crippen LogP) is 0.315. The van der Waals surface area contributed by atoms with Crippen molar-refractivity contribution in [2.45, 2.75) is 37.8 Å². The van der Waals surface area contributed by atoms with Gasteiger partial charge < -0.3 is 10.0 Å². The van der Waals surface area contributed by atoms with E-state index < -0.39 is 5.97 Å². The van der Waals surface area contributed by atoms with E-state index in [1.54, 1.807) is 0 Å². The van der Waals surface area contributed by atoms with Crippen LogP contribution in [-0.4, -0.2) is 83.7 Å². The van der Waals surface area contributed by atoms with Gasteiger partial charge in [-0.25, -0.2) is 0 Å². The zero-order valence-corrected chi connectivity index (χ0v) is 11.6. The number of piperidine rings is 1. The van der Waals surface area contributed by atoms with Crippen LogP contribution in [0.4, 0.5) is 0 Å². The predicted molar refractivity (Wildman–Crippen MR) is 73.3 cm³/mol. The first kappa shape index (κ1) is 13.3. The highest BCUT2D eigenvalue weighted by molar-refractivity contribution is 5.69. The van der Waals surface area contributed by atoms with Crippen LogP contribution in [0, 0.1) is 0 Å². The highest BCUT2D eigenvalue weighted by Crippen LogP contribution is 2.29. The minimum absolute atomic E-state index is 0.203. The maximum absolute atomic E-state index is 10.7. The van der Waals surface area contributed by atoms with E-state index in [9.17, 15) is 4.79 Å². The van der Waals surface area contributed by atoms with Crippen molar-refractivity contribution in [3.8, 4) is 0 Å². The summed E-state index contributed by atoms with van der Waals surface area (Å²) in [4.78, 5) is 18.0. The smallest absolute Gasteiger partial charge is 0.317 e. The first-order valence-corrected chi connectivity index (χ1v) is 7.64. The molecule has 5 nitrogen and oxygen atoms in total. The highest BCUT2D eigenvalue weighted by atomic mass is 16.4. The van der Waals surface area contributed by atoms with E-state index >= 15 is 0 Å². The summed E-state index contributed by atoms with van der Waals surface area (Å²) in [5.41, 5.74) is 0. The highest BCUT2D eigenvalue weighted by Gasteiger charge is 2.35. The third-order valence-electron chi connectivity index (χ3n) is 5.07. The number of hydrogen-bond donors (Lipinski definition) is 1. The molecule has 2 unspecified atom stereocenters. The summed E-state index contributed by atoms with van der Waals surface area (Å²) in [5, 5.41) is 8.82. The van der Waals surface area contributed by atoms with E-state index in [4.69, 9.17) is 5.11 Å². The van der Waals surface area contributed by atoms with Crippen LogP contribution in [-0.2, 0) is 4.79 Å². The number of piperazine rings is 1. The van der Waals surface area contributed by atoms with Crippen LogP contribution < -0.4 is 0 Å². The lowest BCUT2D eigenvalue weighted by molar-refractivity contribution is -0.138. The van der Waals surface area contributed by atoms with Crippen LogP contribution >= 0.6 is 0 Å². The number of rotatable bonds is 3. The number of nitrogens with zero attached hydrogens (tertiary/aromatic N) is 3. The molecule has 3 saturated heterocycles. The maximum atomic E-state index is 10.7. The molecule has 0 bridgehead atoms. The van der Waals surface area contributed by atoms with Gasteiger partial charge in [-0.1, -0.05) is 0 Å². The molecule has 19 heavy (non-hydrogen) atoms. The molecule has 0 aromatic rings. The van der Waals surface area contributed by atoms with Gasteiger partial charge in [0.2, 0.25) is 0 Å². The molecule has 3 heterocycles. The Morgan fingerprint density at radius 1 is 0.947 bits per heavy atom. The summed E-state index contributed by atoms with van der Waals surface area (Å²) >= 11 is 0. The van der Waals surface area contributed by atoms with Crippen LogP contribution in [0.3, 0.4) is 0 Å². The summed E-state index contributed by atoms with van der Waals surface area (Å²) in [6, 6.07) is 1.57. The Labute approximate surface area is 115 Å². The summed E-state index contributed by atoms with van der Waals surface area (Å²) in [7, 11) is 0. The van der Waals surface area contributed by atoms with Crippen molar-refractivity contribution >= 4 is 5.97 Å². The van der Waals surface area contributed by atoms with Gasteiger partial charge in [0.25, 0.3) is 0 Å². The van der Waals surface area contributed by atoms with E-state index in [0.29, 0.717) is 0 Å². The van der Waals surface area contributed by atoms with Gasteiger partial charge in [0, 0.05) is 38.3 Å². The molecule has 3 aliphatic heterocycles. The topological polar surface area (TPSA) is 47.0 Å². The summed E-state index contributed by atoms with van der Waals surface area (Å²) in [5.74, 6) is -0.701. The molecule has 0 radical (unpaired) electrons. The molecular formula is C14H25N3O2. The first-order chi connectivity index (χ1) is 9.22. The molecule has 3 rings (SSSR count). The second kappa shape index (κ2) is 5.77. The van der Waals surface area contributed by atoms with Crippen molar-refractivity contribution in [2.24, 2.45) is 0 Å². The zero-order valence-electron chi connectivity index (χ0n) is 11.6. The van der Waals surface area contributed by atoms with Gasteiger partial charge in [0.1, 0.15) is 0 Å². The van der Waals surface area contributed by atoms with Crippen molar-refractivity contribution < 1.29 is 9.90 Å². The molecule has 0 aromatic carbocycles. The van der Waals surface area contributed by atoms with E-state index in [-0.39, 0.29) is 6.54 Å². The van der Waals surface area contributed by atoms with Gasteiger partial charge in [-0.3, -0.25) is 14.6 Å². The van der Waals surface area contributed by atoms with Gasteiger partial charge >= 0.3 is 5.97 Å². The molecular weight excluding hydrogens is 242 g/mol.